The van der Waals surface area contributed by atoms with E-state index < -0.39 is 12.1 Å². The van der Waals surface area contributed by atoms with Crippen molar-refractivity contribution < 1.29 is 22.8 Å². The van der Waals surface area contributed by atoms with Crippen LogP contribution in [0.15, 0.2) is 61.2 Å². The number of para-hydroxylation sites is 1. The molecule has 9 heteroatoms. The zero-order valence-corrected chi connectivity index (χ0v) is 14.5. The number of hydrogen-bond donors (Lipinski definition) is 0. The van der Waals surface area contributed by atoms with E-state index in [4.69, 9.17) is 0 Å². The second-order valence-electron chi connectivity index (χ2n) is 6.07. The topological polar surface area (TPSA) is 61.9 Å². The Morgan fingerprint density at radius 1 is 1.14 bits per heavy atom. The van der Waals surface area contributed by atoms with Crippen LogP contribution in [0.2, 0.25) is 0 Å². The minimum atomic E-state index is -5.09. The van der Waals surface area contributed by atoms with Crippen molar-refractivity contribution in [3.63, 3.8) is 0 Å². The highest BCUT2D eigenvalue weighted by molar-refractivity contribution is 5.93. The van der Waals surface area contributed by atoms with Crippen LogP contribution in [-0.4, -0.2) is 31.6 Å². The van der Waals surface area contributed by atoms with Crippen molar-refractivity contribution in [3.05, 3.63) is 66.7 Å². The smallest absolute Gasteiger partial charge is 0.326 e. The average Bonchev–Trinajstić information content (AvgIpc) is 3.29. The molecule has 0 saturated heterocycles. The van der Waals surface area contributed by atoms with E-state index in [0.29, 0.717) is 15.7 Å². The summed E-state index contributed by atoms with van der Waals surface area (Å²) in [5.74, 6) is -2.32. The molecule has 3 heterocycles. The Labute approximate surface area is 156 Å². The third-order valence-electron chi connectivity index (χ3n) is 4.22. The van der Waals surface area contributed by atoms with Crippen LogP contribution in [0, 0.1) is 6.92 Å². The van der Waals surface area contributed by atoms with Gasteiger partial charge in [0.15, 0.2) is 5.65 Å². The number of carbonyl (C=O) groups excluding carboxylic acids is 1. The van der Waals surface area contributed by atoms with Gasteiger partial charge in [0, 0.05) is 29.5 Å². The average molecular weight is 386 g/mol. The molecule has 0 bridgehead atoms. The molecule has 28 heavy (non-hydrogen) atoms. The molecular weight excluding hydrogens is 373 g/mol. The van der Waals surface area contributed by atoms with Gasteiger partial charge in [0.25, 0.3) is 0 Å². The number of pyridine rings is 1. The van der Waals surface area contributed by atoms with Gasteiger partial charge >= 0.3 is 12.1 Å². The maximum atomic E-state index is 12.5. The van der Waals surface area contributed by atoms with Gasteiger partial charge in [-0.1, -0.05) is 18.2 Å². The van der Waals surface area contributed by atoms with Crippen LogP contribution in [0.4, 0.5) is 13.2 Å². The van der Waals surface area contributed by atoms with Crippen LogP contribution in [0.25, 0.3) is 27.8 Å². The second-order valence-corrected chi connectivity index (χ2v) is 6.07. The largest absolute Gasteiger partial charge is 0.493 e. The highest BCUT2D eigenvalue weighted by Gasteiger charge is 2.42. The summed E-state index contributed by atoms with van der Waals surface area (Å²) in [6.07, 6.45) is 1.02. The van der Waals surface area contributed by atoms with Gasteiger partial charge in [-0.2, -0.15) is 23.0 Å². The first-order chi connectivity index (χ1) is 13.3. The van der Waals surface area contributed by atoms with Gasteiger partial charge in [0.1, 0.15) is 0 Å². The fourth-order valence-electron chi connectivity index (χ4n) is 2.90. The molecule has 0 spiro atoms. The third-order valence-corrected chi connectivity index (χ3v) is 4.22. The van der Waals surface area contributed by atoms with Crippen LogP contribution >= 0.6 is 0 Å². The molecule has 0 aliphatic carbocycles. The lowest BCUT2D eigenvalue weighted by molar-refractivity contribution is -0.199. The van der Waals surface area contributed by atoms with E-state index in [-0.39, 0.29) is 5.65 Å². The minimum Gasteiger partial charge on any atom is -0.326 e. The van der Waals surface area contributed by atoms with Crippen molar-refractivity contribution in [2.45, 2.75) is 13.1 Å². The highest BCUT2D eigenvalue weighted by atomic mass is 19.4. The van der Waals surface area contributed by atoms with Crippen molar-refractivity contribution in [3.8, 4) is 16.8 Å². The Hall–Kier alpha value is -3.62. The molecule has 4 rings (SSSR count). The summed E-state index contributed by atoms with van der Waals surface area (Å²) in [5.41, 5.74) is 3.50. The highest BCUT2D eigenvalue weighted by Crippen LogP contribution is 2.29. The van der Waals surface area contributed by atoms with Crippen LogP contribution in [0.1, 0.15) is 5.56 Å². The molecule has 0 aliphatic heterocycles. The number of hydrogen-bond acceptors (Lipinski definition) is 4. The molecule has 0 atom stereocenters. The van der Waals surface area contributed by atoms with E-state index in [1.54, 1.807) is 16.9 Å². The zero-order valence-electron chi connectivity index (χ0n) is 14.5. The first-order valence-electron chi connectivity index (χ1n) is 8.21. The zero-order chi connectivity index (χ0) is 19.9. The van der Waals surface area contributed by atoms with Crippen LogP contribution < -0.4 is 4.84 Å². The number of nitrogens with zero attached hydrogens (tertiary/aromatic N) is 4. The summed E-state index contributed by atoms with van der Waals surface area (Å²) < 4.78 is 39.8. The Kier molecular flexibility index (Phi) is 4.14. The van der Waals surface area contributed by atoms with Crippen LogP contribution in [-0.2, 0) is 4.79 Å². The number of benzene rings is 1. The molecule has 0 N–H and O–H groups in total. The maximum absolute atomic E-state index is 12.5. The lowest BCUT2D eigenvalue weighted by Crippen LogP contribution is -2.33. The lowest BCUT2D eigenvalue weighted by atomic mass is 10.1. The summed E-state index contributed by atoms with van der Waals surface area (Å²) in [5, 5.41) is 4.90. The van der Waals surface area contributed by atoms with Crippen molar-refractivity contribution in [2.75, 3.05) is 0 Å². The van der Waals surface area contributed by atoms with Gasteiger partial charge in [-0.25, -0.2) is 14.5 Å². The van der Waals surface area contributed by atoms with Gasteiger partial charge in [-0.15, -0.1) is 0 Å². The number of halogens is 3. The summed E-state index contributed by atoms with van der Waals surface area (Å²) in [6.45, 7) is 1.97. The number of aryl methyl sites for hydroxylation is 1. The lowest BCUT2D eigenvalue weighted by Gasteiger charge is -2.08. The quantitative estimate of drug-likeness (QED) is 0.539. The van der Waals surface area contributed by atoms with Crippen molar-refractivity contribution in [1.29, 1.82) is 0 Å². The molecule has 0 radical (unpaired) electrons. The Bertz CT molecular complexity index is 1180. The van der Waals surface area contributed by atoms with E-state index in [1.807, 2.05) is 37.4 Å². The summed E-state index contributed by atoms with van der Waals surface area (Å²) in [4.78, 5) is 19.5. The van der Waals surface area contributed by atoms with Gasteiger partial charge in [0.2, 0.25) is 0 Å². The van der Waals surface area contributed by atoms with Gasteiger partial charge in [-0.3, -0.25) is 0 Å². The van der Waals surface area contributed by atoms with Gasteiger partial charge in [0.05, 0.1) is 11.9 Å². The summed E-state index contributed by atoms with van der Waals surface area (Å²) in [6, 6.07) is 11.0. The predicted molar refractivity (Wildman–Crippen MR) is 94.7 cm³/mol. The van der Waals surface area contributed by atoms with Crippen molar-refractivity contribution in [2.24, 2.45) is 0 Å². The molecular formula is C19H13F3N4O2. The number of alkyl halides is 3. The fourth-order valence-corrected chi connectivity index (χ4v) is 2.90. The monoisotopic (exact) mass is 386 g/mol. The maximum Gasteiger partial charge on any atom is 0.493 e. The second kappa shape index (κ2) is 6.52. The van der Waals surface area contributed by atoms with Crippen molar-refractivity contribution >= 4 is 17.0 Å². The standard InChI is InChI=1S/C19H13F3N4O2/c1-12-4-2-3-5-16(12)25-11-13(10-24-25)14-6-8-23-17-15(14)7-9-26(17)28-18(27)19(20,21)22/h2-11H,1H3. The molecule has 0 amide bonds. The summed E-state index contributed by atoms with van der Waals surface area (Å²) >= 11 is 0. The van der Waals surface area contributed by atoms with E-state index in [0.717, 1.165) is 16.8 Å². The van der Waals surface area contributed by atoms with Gasteiger partial charge in [-0.05, 0) is 36.2 Å². The van der Waals surface area contributed by atoms with E-state index in [9.17, 15) is 18.0 Å². The van der Waals surface area contributed by atoms with Gasteiger partial charge < -0.3 is 4.84 Å². The third kappa shape index (κ3) is 3.11. The molecule has 0 aliphatic rings. The van der Waals surface area contributed by atoms with E-state index >= 15 is 0 Å². The Morgan fingerprint density at radius 3 is 2.68 bits per heavy atom. The molecule has 142 valence electrons. The van der Waals surface area contributed by atoms with E-state index in [2.05, 4.69) is 14.9 Å². The molecule has 4 aromatic rings. The molecule has 0 unspecified atom stereocenters. The number of fused-ring (bicyclic) bond motifs is 1. The van der Waals surface area contributed by atoms with Crippen LogP contribution in [0.5, 0.6) is 0 Å². The molecule has 0 fully saturated rings. The molecule has 1 aromatic carbocycles. The first-order valence-corrected chi connectivity index (χ1v) is 8.21. The first kappa shape index (κ1) is 17.8. The van der Waals surface area contributed by atoms with Crippen molar-refractivity contribution in [1.82, 2.24) is 19.5 Å². The van der Waals surface area contributed by atoms with Crippen LogP contribution in [0.3, 0.4) is 0 Å². The normalized spacial score (nSPS) is 11.7. The minimum absolute atomic E-state index is 0.0961. The number of rotatable bonds is 3. The predicted octanol–water partition coefficient (Wildman–Crippen LogP) is 3.71. The summed E-state index contributed by atoms with van der Waals surface area (Å²) in [7, 11) is 0. The molecule has 3 aromatic heterocycles. The Balaban J connectivity index is 1.73. The number of aromatic nitrogens is 4. The van der Waals surface area contributed by atoms with E-state index in [1.165, 1.54) is 18.5 Å². The molecule has 0 saturated carbocycles. The Morgan fingerprint density at radius 2 is 1.93 bits per heavy atom. The molecule has 6 nitrogen and oxygen atoms in total. The number of carbonyl (C=O) groups is 1. The fraction of sp³-hybridized carbons (Fsp3) is 0.105. The SMILES string of the molecule is Cc1ccccc1-n1cc(-c2ccnc3c2ccn3OC(=O)C(F)(F)F)cn1.